The molecule has 0 unspecified atom stereocenters. The third-order valence-corrected chi connectivity index (χ3v) is 5.11. The molecule has 0 aromatic heterocycles. The van der Waals surface area contributed by atoms with Gasteiger partial charge in [0.25, 0.3) is 0 Å². The first-order valence-corrected chi connectivity index (χ1v) is 7.31. The van der Waals surface area contributed by atoms with Crippen LogP contribution in [0, 0.1) is 5.92 Å². The van der Waals surface area contributed by atoms with Crippen molar-refractivity contribution in [2.75, 3.05) is 38.1 Å². The molecule has 1 aromatic carbocycles. The Morgan fingerprint density at radius 3 is 2.22 bits per heavy atom. The van der Waals surface area contributed by atoms with E-state index in [9.17, 15) is 0 Å². The Kier molecular flexibility index (Phi) is 3.06. The number of likely N-dealkylation sites (N-methyl/N-ethyl adjacent to an activating group) is 1. The molecule has 98 valence electrons. The van der Waals surface area contributed by atoms with Gasteiger partial charge in [0.15, 0.2) is 0 Å². The first kappa shape index (κ1) is 12.0. The van der Waals surface area contributed by atoms with Crippen molar-refractivity contribution < 1.29 is 4.48 Å². The zero-order valence-electron chi connectivity index (χ0n) is 11.7. The summed E-state index contributed by atoms with van der Waals surface area (Å²) < 4.78 is 1.31. The van der Waals surface area contributed by atoms with Crippen LogP contribution in [0.1, 0.15) is 19.8 Å². The lowest BCUT2D eigenvalue weighted by atomic mass is 9.79. The Balaban J connectivity index is 1.61. The fourth-order valence-corrected chi connectivity index (χ4v) is 3.55. The molecule has 1 heterocycles. The highest BCUT2D eigenvalue weighted by atomic mass is 15.4. The summed E-state index contributed by atoms with van der Waals surface area (Å²) in [6, 6.07) is 11.8. The minimum atomic E-state index is 0.943. The summed E-state index contributed by atoms with van der Waals surface area (Å²) in [5.74, 6) is 0.970. The van der Waals surface area contributed by atoms with E-state index in [0.717, 1.165) is 12.0 Å². The van der Waals surface area contributed by atoms with Gasteiger partial charge in [-0.15, -0.1) is 0 Å². The molecule has 3 rings (SSSR count). The second-order valence-corrected chi connectivity index (χ2v) is 6.48. The number of nitrogens with zero attached hydrogens (tertiary/aromatic N) is 2. The van der Waals surface area contributed by atoms with Crippen molar-refractivity contribution in [2.45, 2.75) is 25.8 Å². The highest BCUT2D eigenvalue weighted by Crippen LogP contribution is 2.36. The molecule has 1 saturated carbocycles. The zero-order valence-corrected chi connectivity index (χ0v) is 11.7. The molecule has 1 aliphatic carbocycles. The van der Waals surface area contributed by atoms with Gasteiger partial charge in [0.1, 0.15) is 0 Å². The van der Waals surface area contributed by atoms with Crippen LogP contribution < -0.4 is 4.90 Å². The summed E-state index contributed by atoms with van der Waals surface area (Å²) in [5, 5.41) is 0. The van der Waals surface area contributed by atoms with Crippen molar-refractivity contribution in [1.82, 2.24) is 0 Å². The monoisotopic (exact) mass is 245 g/mol. The van der Waals surface area contributed by atoms with E-state index in [2.05, 4.69) is 49.2 Å². The summed E-state index contributed by atoms with van der Waals surface area (Å²) >= 11 is 0. The van der Waals surface area contributed by atoms with Crippen molar-refractivity contribution >= 4 is 5.69 Å². The van der Waals surface area contributed by atoms with Crippen LogP contribution in [0.5, 0.6) is 0 Å². The van der Waals surface area contributed by atoms with E-state index in [1.807, 2.05) is 0 Å². The van der Waals surface area contributed by atoms with Gasteiger partial charge in [-0.05, 0) is 18.1 Å². The summed E-state index contributed by atoms with van der Waals surface area (Å²) in [4.78, 5) is 2.54. The van der Waals surface area contributed by atoms with Crippen LogP contribution >= 0.6 is 0 Å². The van der Waals surface area contributed by atoms with E-state index < -0.39 is 0 Å². The zero-order chi connectivity index (χ0) is 12.6. The summed E-state index contributed by atoms with van der Waals surface area (Å²) in [6.07, 6.45) is 2.89. The van der Waals surface area contributed by atoms with Gasteiger partial charge in [0.05, 0.1) is 39.3 Å². The molecule has 1 saturated heterocycles. The number of para-hydroxylation sites is 1. The van der Waals surface area contributed by atoms with Crippen molar-refractivity contribution in [3.05, 3.63) is 30.3 Å². The van der Waals surface area contributed by atoms with E-state index in [-0.39, 0.29) is 0 Å². The first-order chi connectivity index (χ1) is 8.67. The van der Waals surface area contributed by atoms with E-state index in [4.69, 9.17) is 0 Å². The molecule has 2 aliphatic rings. The Hall–Kier alpha value is -1.02. The molecule has 0 atom stereocenters. The van der Waals surface area contributed by atoms with Crippen LogP contribution in [-0.4, -0.2) is 43.8 Å². The molecule has 18 heavy (non-hydrogen) atoms. The molecule has 2 nitrogen and oxygen atoms in total. The molecular weight excluding hydrogens is 220 g/mol. The Bertz CT molecular complexity index is 387. The predicted octanol–water partition coefficient (Wildman–Crippen LogP) is 2.75. The minimum absolute atomic E-state index is 0.943. The van der Waals surface area contributed by atoms with Gasteiger partial charge in [0.2, 0.25) is 0 Å². The second-order valence-electron chi connectivity index (χ2n) is 6.48. The Labute approximate surface area is 111 Å². The lowest BCUT2D eigenvalue weighted by Crippen LogP contribution is -2.64. The van der Waals surface area contributed by atoms with Crippen LogP contribution in [0.2, 0.25) is 0 Å². The standard InChI is InChI=1S/C16H25N2/c1-14-12-16(13-14)18(2)10-8-17(9-11-18)15-6-4-3-5-7-15/h3-7,14,16H,8-13H2,1-2H3/q+1. The van der Waals surface area contributed by atoms with E-state index >= 15 is 0 Å². The molecule has 0 N–H and O–H groups in total. The smallest absolute Gasteiger partial charge is 0.0965 e. The van der Waals surface area contributed by atoms with Gasteiger partial charge in [-0.1, -0.05) is 25.1 Å². The number of piperazine rings is 1. The van der Waals surface area contributed by atoms with Crippen LogP contribution in [0.3, 0.4) is 0 Å². The normalized spacial score (nSPS) is 30.9. The van der Waals surface area contributed by atoms with Crippen molar-refractivity contribution in [3.63, 3.8) is 0 Å². The van der Waals surface area contributed by atoms with Crippen LogP contribution in [0.25, 0.3) is 0 Å². The van der Waals surface area contributed by atoms with Crippen LogP contribution in [0.4, 0.5) is 5.69 Å². The molecule has 0 radical (unpaired) electrons. The number of rotatable bonds is 2. The first-order valence-electron chi connectivity index (χ1n) is 7.31. The van der Waals surface area contributed by atoms with Crippen LogP contribution in [-0.2, 0) is 0 Å². The third-order valence-electron chi connectivity index (χ3n) is 5.11. The molecule has 2 fully saturated rings. The lowest BCUT2D eigenvalue weighted by Gasteiger charge is -2.52. The summed E-state index contributed by atoms with van der Waals surface area (Å²) in [6.45, 7) is 7.44. The van der Waals surface area contributed by atoms with Crippen molar-refractivity contribution in [3.8, 4) is 0 Å². The van der Waals surface area contributed by atoms with Gasteiger partial charge in [-0.3, -0.25) is 0 Å². The molecule has 1 aromatic rings. The van der Waals surface area contributed by atoms with Gasteiger partial charge >= 0.3 is 0 Å². The lowest BCUT2D eigenvalue weighted by molar-refractivity contribution is -0.940. The number of benzene rings is 1. The van der Waals surface area contributed by atoms with Gasteiger partial charge in [0, 0.05) is 18.5 Å². The number of anilines is 1. The molecule has 0 spiro atoms. The van der Waals surface area contributed by atoms with Crippen molar-refractivity contribution in [1.29, 1.82) is 0 Å². The number of hydrogen-bond donors (Lipinski definition) is 0. The number of hydrogen-bond acceptors (Lipinski definition) is 1. The average molecular weight is 245 g/mol. The minimum Gasteiger partial charge on any atom is -0.360 e. The summed E-state index contributed by atoms with van der Waals surface area (Å²) in [5.41, 5.74) is 1.39. The molecular formula is C16H25N2+. The van der Waals surface area contributed by atoms with Gasteiger partial charge < -0.3 is 9.38 Å². The SMILES string of the molecule is CC1CC([N+]2(C)CCN(c3ccccc3)CC2)C1. The molecule has 2 heteroatoms. The van der Waals surface area contributed by atoms with Crippen LogP contribution in [0.15, 0.2) is 30.3 Å². The van der Waals surface area contributed by atoms with Crippen molar-refractivity contribution in [2.24, 2.45) is 5.92 Å². The van der Waals surface area contributed by atoms with Gasteiger partial charge in [-0.2, -0.15) is 0 Å². The van der Waals surface area contributed by atoms with E-state index in [1.165, 1.54) is 49.2 Å². The Morgan fingerprint density at radius 2 is 1.67 bits per heavy atom. The fourth-order valence-electron chi connectivity index (χ4n) is 3.55. The Morgan fingerprint density at radius 1 is 1.06 bits per heavy atom. The fraction of sp³-hybridized carbons (Fsp3) is 0.625. The summed E-state index contributed by atoms with van der Waals surface area (Å²) in [7, 11) is 2.47. The molecule has 1 aliphatic heterocycles. The quantitative estimate of drug-likeness (QED) is 0.724. The highest BCUT2D eigenvalue weighted by Gasteiger charge is 2.42. The van der Waals surface area contributed by atoms with Gasteiger partial charge in [-0.25, -0.2) is 0 Å². The maximum absolute atomic E-state index is 2.54. The largest absolute Gasteiger partial charge is 0.360 e. The maximum Gasteiger partial charge on any atom is 0.0965 e. The molecule has 0 bridgehead atoms. The van der Waals surface area contributed by atoms with E-state index in [0.29, 0.717) is 0 Å². The maximum atomic E-state index is 2.54. The molecule has 0 amide bonds. The topological polar surface area (TPSA) is 3.24 Å². The second kappa shape index (κ2) is 4.58. The number of quaternary nitrogens is 1. The van der Waals surface area contributed by atoms with E-state index in [1.54, 1.807) is 0 Å². The third kappa shape index (κ3) is 2.14. The average Bonchev–Trinajstić information content (AvgIpc) is 2.37. The predicted molar refractivity (Wildman–Crippen MR) is 76.8 cm³/mol. The highest BCUT2D eigenvalue weighted by molar-refractivity contribution is 5.46.